The van der Waals surface area contributed by atoms with Gasteiger partial charge in [-0.15, -0.1) is 0 Å². The van der Waals surface area contributed by atoms with Gasteiger partial charge in [-0.3, -0.25) is 4.79 Å². The van der Waals surface area contributed by atoms with Gasteiger partial charge in [0.15, 0.2) is 12.0 Å². The summed E-state index contributed by atoms with van der Waals surface area (Å²) in [4.78, 5) is 14.2. The van der Waals surface area contributed by atoms with Crippen molar-refractivity contribution in [3.63, 3.8) is 0 Å². The topological polar surface area (TPSA) is 35.5 Å². The second-order valence-corrected chi connectivity index (χ2v) is 17.6. The monoisotopic (exact) mass is 646 g/mol. The Morgan fingerprint density at radius 2 is 1.71 bits per heavy atom. The van der Waals surface area contributed by atoms with Crippen molar-refractivity contribution in [3.05, 3.63) is 47.8 Å². The molecule has 3 nitrogen and oxygen atoms in total. The van der Waals surface area contributed by atoms with Crippen molar-refractivity contribution < 1.29 is 26.9 Å². The minimum absolute atomic E-state index is 0.00421. The van der Waals surface area contributed by atoms with Gasteiger partial charge in [-0.1, -0.05) is 65.0 Å². The number of carbonyl (C=O) groups is 1. The predicted molar refractivity (Wildman–Crippen MR) is 175 cm³/mol. The Bertz CT molecular complexity index is 1310. The average molecular weight is 647 g/mol. The molecule has 0 bridgehead atoms. The highest BCUT2D eigenvalue weighted by atomic mass is 32.2. The number of allylic oxidation sites excluding steroid dienone is 5. The molecule has 0 aliphatic heterocycles. The Morgan fingerprint density at radius 1 is 0.956 bits per heavy atom. The molecule has 0 amide bonds. The molecule has 0 N–H and O–H groups in total. The first-order valence-electron chi connectivity index (χ1n) is 17.3. The molecule has 4 fully saturated rings. The quantitative estimate of drug-likeness (QED) is 0.163. The predicted octanol–water partition coefficient (Wildman–Crippen LogP) is 11.1. The van der Waals surface area contributed by atoms with E-state index in [0.717, 1.165) is 76.2 Å². The lowest BCUT2D eigenvalue weighted by Crippen LogP contribution is -2.66. The lowest BCUT2D eigenvalue weighted by molar-refractivity contribution is -0.231. The number of rotatable bonds is 6. The van der Waals surface area contributed by atoms with Crippen LogP contribution in [0.1, 0.15) is 112 Å². The van der Waals surface area contributed by atoms with Gasteiger partial charge < -0.3 is 8.92 Å². The van der Waals surface area contributed by atoms with Crippen molar-refractivity contribution in [2.75, 3.05) is 6.61 Å². The standard InChI is InChI=1S/C38H53F3O3S/c1-24(2)26-15-20-37(32(42)43-23-25-11-9-8-10-12-25)22-21-35(6)27(31(26)37)13-14-29-34(5)18-17-30(44-45-38(39,40)41)33(3,4)28(34)16-19-36(29,35)7/h9,11-12,17,26-29,31H,1,8,10,13-16,18-23H2,2-7H3/t26?,27?,28?,29?,31?,34?,35-,36?,37?/m1/s1. The van der Waals surface area contributed by atoms with E-state index in [-0.39, 0.29) is 46.1 Å². The molecule has 0 aromatic heterocycles. The summed E-state index contributed by atoms with van der Waals surface area (Å²) in [6, 6.07) is 0. The summed E-state index contributed by atoms with van der Waals surface area (Å²) in [6.45, 7) is 18.6. The van der Waals surface area contributed by atoms with Crippen LogP contribution < -0.4 is 0 Å². The van der Waals surface area contributed by atoms with Crippen LogP contribution in [0, 0.1) is 56.7 Å². The Balaban J connectivity index is 1.30. The van der Waals surface area contributed by atoms with Crippen LogP contribution in [0.25, 0.3) is 0 Å². The van der Waals surface area contributed by atoms with Gasteiger partial charge in [0.25, 0.3) is 0 Å². The number of esters is 1. The van der Waals surface area contributed by atoms with Gasteiger partial charge in [0.1, 0.15) is 12.4 Å². The van der Waals surface area contributed by atoms with Gasteiger partial charge in [0.05, 0.1) is 5.41 Å². The Kier molecular flexibility index (Phi) is 8.30. The second-order valence-electron chi connectivity index (χ2n) is 16.8. The Hall–Kier alpha value is -1.63. The average Bonchev–Trinajstić information content (AvgIpc) is 3.37. The van der Waals surface area contributed by atoms with Gasteiger partial charge in [0.2, 0.25) is 0 Å². The summed E-state index contributed by atoms with van der Waals surface area (Å²) in [5.74, 6) is 2.15. The normalized spacial score (nSPS) is 43.5. The van der Waals surface area contributed by atoms with Crippen LogP contribution in [-0.4, -0.2) is 18.1 Å². The minimum atomic E-state index is -4.43. The van der Waals surface area contributed by atoms with E-state index in [4.69, 9.17) is 8.92 Å². The van der Waals surface area contributed by atoms with Crippen molar-refractivity contribution >= 4 is 18.0 Å². The van der Waals surface area contributed by atoms with E-state index < -0.39 is 16.3 Å². The van der Waals surface area contributed by atoms with E-state index in [1.54, 1.807) is 0 Å². The van der Waals surface area contributed by atoms with Crippen LogP contribution in [0.2, 0.25) is 0 Å². The Morgan fingerprint density at radius 3 is 2.38 bits per heavy atom. The molecular weight excluding hydrogens is 593 g/mol. The number of fused-ring (bicyclic) bond motifs is 7. The van der Waals surface area contributed by atoms with E-state index in [1.807, 2.05) is 6.08 Å². The fraction of sp³-hybridized carbons (Fsp3) is 0.763. The van der Waals surface area contributed by atoms with Crippen LogP contribution in [0.5, 0.6) is 0 Å². The summed E-state index contributed by atoms with van der Waals surface area (Å²) in [5.41, 5.74) is -2.95. The van der Waals surface area contributed by atoms with Crippen molar-refractivity contribution in [3.8, 4) is 0 Å². The number of ether oxygens (including phenoxy) is 1. The first kappa shape index (κ1) is 33.3. The molecule has 6 rings (SSSR count). The largest absolute Gasteiger partial charge is 0.479 e. The van der Waals surface area contributed by atoms with Crippen molar-refractivity contribution in [1.29, 1.82) is 0 Å². The summed E-state index contributed by atoms with van der Waals surface area (Å²) >= 11 is -0.378. The third-order valence-electron chi connectivity index (χ3n) is 14.6. The molecule has 6 aliphatic rings. The molecular formula is C38H53F3O3S. The zero-order valence-electron chi connectivity index (χ0n) is 28.2. The lowest BCUT2D eigenvalue weighted by atomic mass is 9.32. The second kappa shape index (κ2) is 11.2. The van der Waals surface area contributed by atoms with Crippen LogP contribution in [0.15, 0.2) is 47.8 Å². The van der Waals surface area contributed by atoms with Crippen molar-refractivity contribution in [2.24, 2.45) is 56.7 Å². The molecule has 0 heterocycles. The first-order chi connectivity index (χ1) is 21.0. The summed E-state index contributed by atoms with van der Waals surface area (Å²) in [5, 5.41) is 0. The highest BCUT2D eigenvalue weighted by Crippen LogP contribution is 2.77. The first-order valence-corrected chi connectivity index (χ1v) is 18.0. The van der Waals surface area contributed by atoms with E-state index in [2.05, 4.69) is 66.3 Å². The van der Waals surface area contributed by atoms with E-state index in [0.29, 0.717) is 30.1 Å². The van der Waals surface area contributed by atoms with E-state index >= 15 is 0 Å². The van der Waals surface area contributed by atoms with Gasteiger partial charge in [-0.25, -0.2) is 0 Å². The highest BCUT2D eigenvalue weighted by Gasteiger charge is 2.72. The van der Waals surface area contributed by atoms with Gasteiger partial charge >= 0.3 is 11.5 Å². The molecule has 250 valence electrons. The third kappa shape index (κ3) is 5.10. The number of hydrogen-bond acceptors (Lipinski definition) is 4. The number of carbonyl (C=O) groups excluding carboxylic acids is 1. The Labute approximate surface area is 273 Å². The molecule has 45 heavy (non-hydrogen) atoms. The summed E-state index contributed by atoms with van der Waals surface area (Å²) in [7, 11) is 0. The maximum atomic E-state index is 14.2. The van der Waals surface area contributed by atoms with Crippen LogP contribution >= 0.6 is 12.0 Å². The van der Waals surface area contributed by atoms with Gasteiger partial charge in [-0.05, 0) is 135 Å². The van der Waals surface area contributed by atoms with E-state index in [1.165, 1.54) is 5.57 Å². The molecule has 0 spiro atoms. The fourth-order valence-corrected chi connectivity index (χ4v) is 12.8. The molecule has 8 unspecified atom stereocenters. The van der Waals surface area contributed by atoms with Crippen LogP contribution in [-0.2, 0) is 13.7 Å². The maximum Gasteiger partial charge on any atom is 0.479 e. The summed E-state index contributed by atoms with van der Waals surface area (Å²) in [6.07, 6.45) is 19.2. The molecule has 4 saturated carbocycles. The number of alkyl halides is 3. The summed E-state index contributed by atoms with van der Waals surface area (Å²) < 4.78 is 50.8. The third-order valence-corrected chi connectivity index (χ3v) is 15.1. The molecule has 7 heteroatoms. The van der Waals surface area contributed by atoms with Gasteiger partial charge in [0, 0.05) is 5.41 Å². The maximum absolute atomic E-state index is 14.2. The lowest BCUT2D eigenvalue weighted by Gasteiger charge is -2.72. The van der Waals surface area contributed by atoms with Crippen LogP contribution in [0.3, 0.4) is 0 Å². The molecule has 9 atom stereocenters. The molecule has 0 saturated heterocycles. The fourth-order valence-electron chi connectivity index (χ4n) is 12.4. The van der Waals surface area contributed by atoms with Crippen LogP contribution in [0.4, 0.5) is 13.2 Å². The molecule has 0 aromatic rings. The van der Waals surface area contributed by atoms with Crippen molar-refractivity contribution in [2.45, 2.75) is 118 Å². The number of halogens is 3. The SMILES string of the molecule is C=C(C)C1CCC2(C(=O)OCC3=CCCC=C3)CC[C@]3(C)C(CCC4C5(C)CC=C(OSC(F)(F)F)C(C)(C)C5CCC43C)C12. The zero-order valence-corrected chi connectivity index (χ0v) is 29.0. The molecule has 0 aromatic carbocycles. The van der Waals surface area contributed by atoms with E-state index in [9.17, 15) is 18.0 Å². The smallest absolute Gasteiger partial charge is 0.460 e. The molecule has 0 radical (unpaired) electrons. The molecule has 6 aliphatic carbocycles. The highest BCUT2D eigenvalue weighted by molar-refractivity contribution is 7.95. The van der Waals surface area contributed by atoms with Crippen molar-refractivity contribution in [1.82, 2.24) is 0 Å². The number of hydrogen-bond donors (Lipinski definition) is 0. The minimum Gasteiger partial charge on any atom is -0.460 e. The van der Waals surface area contributed by atoms with Gasteiger partial charge in [-0.2, -0.15) is 13.2 Å². The zero-order chi connectivity index (χ0) is 32.6.